The van der Waals surface area contributed by atoms with Crippen LogP contribution in [0.1, 0.15) is 30.9 Å². The Labute approximate surface area is 134 Å². The van der Waals surface area contributed by atoms with Gasteiger partial charge in [0.2, 0.25) is 0 Å². The molecule has 1 aromatic carbocycles. The lowest BCUT2D eigenvalue weighted by Crippen LogP contribution is -2.34. The lowest BCUT2D eigenvalue weighted by molar-refractivity contribution is 0.217. The van der Waals surface area contributed by atoms with Crippen molar-refractivity contribution in [3.8, 4) is 0 Å². The molecule has 1 nitrogen and oxygen atoms in total. The zero-order chi connectivity index (χ0) is 15.6. The molecule has 3 atom stereocenters. The molecule has 1 aromatic rings. The summed E-state index contributed by atoms with van der Waals surface area (Å²) in [5, 5.41) is 1.60. The van der Waals surface area contributed by atoms with E-state index >= 15 is 0 Å². The average Bonchev–Trinajstić information content (AvgIpc) is 2.88. The van der Waals surface area contributed by atoms with Crippen molar-refractivity contribution in [1.82, 2.24) is 4.90 Å². The first-order valence-electron chi connectivity index (χ1n) is 8.02. The molecule has 0 aliphatic heterocycles. The first kappa shape index (κ1) is 17.4. The maximum atomic E-state index is 2.49. The Morgan fingerprint density at radius 2 is 1.71 bits per heavy atom. The van der Waals surface area contributed by atoms with Gasteiger partial charge in [-0.25, -0.2) is 0 Å². The molecule has 1 saturated carbocycles. The van der Waals surface area contributed by atoms with Crippen molar-refractivity contribution in [2.24, 2.45) is 5.92 Å². The van der Waals surface area contributed by atoms with Crippen LogP contribution in [0, 0.1) is 5.92 Å². The summed E-state index contributed by atoms with van der Waals surface area (Å²) < 4.78 is 0. The van der Waals surface area contributed by atoms with Gasteiger partial charge in [-0.1, -0.05) is 38.6 Å². The number of hydrogen-bond acceptors (Lipinski definition) is 1. The van der Waals surface area contributed by atoms with Gasteiger partial charge in [-0.3, -0.25) is 0 Å². The molecule has 1 fully saturated rings. The van der Waals surface area contributed by atoms with E-state index in [4.69, 9.17) is 0 Å². The van der Waals surface area contributed by atoms with E-state index in [1.165, 1.54) is 19.3 Å². The monoisotopic (exact) mass is 323 g/mol. The van der Waals surface area contributed by atoms with Crippen molar-refractivity contribution in [3.05, 3.63) is 29.8 Å². The zero-order valence-electron chi connectivity index (χ0n) is 14.5. The fourth-order valence-corrected chi connectivity index (χ4v) is 6.90. The second-order valence-corrected chi connectivity index (χ2v) is 11.8. The Kier molecular flexibility index (Phi) is 6.25. The number of rotatable bonds is 5. The number of hydrogen-bond donors (Lipinski definition) is 0. The Balaban J connectivity index is 2.40. The molecule has 0 spiro atoms. The van der Waals surface area contributed by atoms with Crippen LogP contribution in [0.4, 0.5) is 0 Å². The third kappa shape index (κ3) is 3.87. The maximum Gasteiger partial charge on any atom is 0.0382 e. The second-order valence-electron chi connectivity index (χ2n) is 6.99. The molecule has 1 aliphatic rings. The summed E-state index contributed by atoms with van der Waals surface area (Å²) in [7, 11) is 4.68. The topological polar surface area (TPSA) is 3.24 Å². The van der Waals surface area contributed by atoms with Crippen LogP contribution in [-0.4, -0.2) is 51.3 Å². The van der Waals surface area contributed by atoms with Gasteiger partial charge in [-0.15, -0.1) is 7.92 Å². The lowest BCUT2D eigenvalue weighted by Gasteiger charge is -2.37. The Hall–Kier alpha value is 0.0400. The molecule has 21 heavy (non-hydrogen) atoms. The van der Waals surface area contributed by atoms with E-state index in [0.29, 0.717) is 6.04 Å². The van der Waals surface area contributed by atoms with Crippen molar-refractivity contribution in [1.29, 1.82) is 0 Å². The van der Waals surface area contributed by atoms with Crippen LogP contribution < -0.4 is 5.30 Å². The van der Waals surface area contributed by atoms with Crippen LogP contribution in [-0.2, 0) is 0 Å². The van der Waals surface area contributed by atoms with Crippen molar-refractivity contribution >= 4 is 21.1 Å². The van der Waals surface area contributed by atoms with Gasteiger partial charge >= 0.3 is 0 Å². The SMILES string of the molecule is CN(C)[C@H](c1ccccc1P(C)C)C1CCCC1P(C)C. The van der Waals surface area contributed by atoms with Crippen LogP contribution in [0.25, 0.3) is 0 Å². The van der Waals surface area contributed by atoms with Crippen molar-refractivity contribution in [2.75, 3.05) is 40.8 Å². The molecule has 0 bridgehead atoms. The minimum absolute atomic E-state index is 0.0389. The van der Waals surface area contributed by atoms with Gasteiger partial charge in [-0.05, 0) is 76.0 Å². The van der Waals surface area contributed by atoms with Gasteiger partial charge in [-0.2, -0.15) is 0 Å². The fourth-order valence-electron chi connectivity index (χ4n) is 4.02. The van der Waals surface area contributed by atoms with E-state index in [1.807, 2.05) is 0 Å². The molecule has 2 unspecified atom stereocenters. The summed E-state index contributed by atoms with van der Waals surface area (Å²) >= 11 is 0. The van der Waals surface area contributed by atoms with Gasteiger partial charge in [0.15, 0.2) is 0 Å². The Morgan fingerprint density at radius 3 is 2.29 bits per heavy atom. The highest BCUT2D eigenvalue weighted by Crippen LogP contribution is 2.51. The highest BCUT2D eigenvalue weighted by Gasteiger charge is 2.37. The predicted octanol–water partition coefficient (Wildman–Crippen LogP) is 4.57. The first-order chi connectivity index (χ1) is 9.93. The van der Waals surface area contributed by atoms with E-state index in [0.717, 1.165) is 11.6 Å². The van der Waals surface area contributed by atoms with E-state index < -0.39 is 0 Å². The minimum atomic E-state index is -0.0389. The average molecular weight is 323 g/mol. The van der Waals surface area contributed by atoms with Crippen molar-refractivity contribution in [2.45, 2.75) is 31.0 Å². The molecule has 0 aromatic heterocycles. The minimum Gasteiger partial charge on any atom is -0.302 e. The van der Waals surface area contributed by atoms with Gasteiger partial charge in [0.1, 0.15) is 0 Å². The Bertz CT molecular complexity index is 456. The maximum absolute atomic E-state index is 2.49. The third-order valence-electron chi connectivity index (χ3n) is 4.89. The molecule has 0 N–H and O–H groups in total. The molecule has 2 rings (SSSR count). The molecule has 0 heterocycles. The molecular formula is C18H31NP2. The quantitative estimate of drug-likeness (QED) is 0.718. The predicted molar refractivity (Wildman–Crippen MR) is 101 cm³/mol. The summed E-state index contributed by atoms with van der Waals surface area (Å²) in [5.41, 5.74) is 2.55. The molecule has 118 valence electrons. The molecule has 3 heteroatoms. The summed E-state index contributed by atoms with van der Waals surface area (Å²) in [6, 6.07) is 9.81. The second kappa shape index (κ2) is 7.54. The van der Waals surface area contributed by atoms with Crippen LogP contribution >= 0.6 is 15.8 Å². The normalized spacial score (nSPS) is 24.2. The first-order valence-corrected chi connectivity index (χ1v) is 12.6. The lowest BCUT2D eigenvalue weighted by atomic mass is 9.90. The fraction of sp³-hybridized carbons (Fsp3) is 0.667. The molecule has 0 saturated heterocycles. The van der Waals surface area contributed by atoms with E-state index in [-0.39, 0.29) is 15.8 Å². The van der Waals surface area contributed by atoms with Crippen molar-refractivity contribution < 1.29 is 0 Å². The highest BCUT2D eigenvalue weighted by molar-refractivity contribution is 7.64. The zero-order valence-corrected chi connectivity index (χ0v) is 16.3. The third-order valence-corrected chi connectivity index (χ3v) is 8.23. The van der Waals surface area contributed by atoms with Crippen molar-refractivity contribution in [3.63, 3.8) is 0 Å². The van der Waals surface area contributed by atoms with Gasteiger partial charge in [0, 0.05) is 6.04 Å². The van der Waals surface area contributed by atoms with Crippen LogP contribution in [0.3, 0.4) is 0 Å². The highest BCUT2D eigenvalue weighted by atomic mass is 31.1. The van der Waals surface area contributed by atoms with Gasteiger partial charge in [0.25, 0.3) is 0 Å². The summed E-state index contributed by atoms with van der Waals surface area (Å²) in [5.74, 6) is 0.845. The Morgan fingerprint density at radius 1 is 1.05 bits per heavy atom. The van der Waals surface area contributed by atoms with E-state index in [2.05, 4.69) is 69.9 Å². The van der Waals surface area contributed by atoms with E-state index in [1.54, 1.807) is 10.9 Å². The molecule has 0 amide bonds. The molecule has 1 aliphatic carbocycles. The summed E-state index contributed by atoms with van der Waals surface area (Å²) in [6.07, 6.45) is 4.28. The molecule has 0 radical (unpaired) electrons. The van der Waals surface area contributed by atoms with Crippen LogP contribution in [0.5, 0.6) is 0 Å². The van der Waals surface area contributed by atoms with Crippen LogP contribution in [0.2, 0.25) is 0 Å². The van der Waals surface area contributed by atoms with Gasteiger partial charge < -0.3 is 4.90 Å². The smallest absolute Gasteiger partial charge is 0.0382 e. The molecular weight excluding hydrogens is 292 g/mol. The van der Waals surface area contributed by atoms with Gasteiger partial charge in [0.05, 0.1) is 0 Å². The number of benzene rings is 1. The number of nitrogens with zero attached hydrogens (tertiary/aromatic N) is 1. The summed E-state index contributed by atoms with van der Waals surface area (Å²) in [6.45, 7) is 9.73. The van der Waals surface area contributed by atoms with E-state index in [9.17, 15) is 0 Å². The van der Waals surface area contributed by atoms with Crippen LogP contribution in [0.15, 0.2) is 24.3 Å². The largest absolute Gasteiger partial charge is 0.302 e. The standard InChI is InChI=1S/C18H31NP2/c1-19(2)18(15-11-9-13-17(15)21(5)6)14-10-7-8-12-16(14)20(3)4/h7-8,10,12,15,17-18H,9,11,13H2,1-6H3/t15?,17?,18-/m1/s1. The summed E-state index contributed by atoms with van der Waals surface area (Å²) in [4.78, 5) is 2.49.